The third kappa shape index (κ3) is 3.69. The van der Waals surface area contributed by atoms with Crippen LogP contribution in [0.2, 0.25) is 0 Å². The number of nitrogens with two attached hydrogens (primary N) is 1. The largest absolute Gasteiger partial charge is 0.370 e. The first-order valence-corrected chi connectivity index (χ1v) is 6.14. The summed E-state index contributed by atoms with van der Waals surface area (Å²) < 4.78 is 0. The highest BCUT2D eigenvalue weighted by molar-refractivity contribution is 5.99. The van der Waals surface area contributed by atoms with Crippen LogP contribution in [0.5, 0.6) is 0 Å². The van der Waals surface area contributed by atoms with E-state index in [1.54, 1.807) is 0 Å². The fraction of sp³-hybridized carbons (Fsp3) is 0.467. The Bertz CT molecular complexity index is 470. The lowest BCUT2D eigenvalue weighted by atomic mass is 9.84. The molecule has 0 bridgehead atoms. The van der Waals surface area contributed by atoms with Crippen LogP contribution in [0.25, 0.3) is 0 Å². The Morgan fingerprint density at radius 1 is 1.17 bits per heavy atom. The zero-order chi connectivity index (χ0) is 13.9. The maximum atomic E-state index is 12.0. The van der Waals surface area contributed by atoms with Crippen molar-refractivity contribution in [2.24, 2.45) is 5.73 Å². The molecule has 1 rings (SSSR count). The molecule has 0 aromatic heterocycles. The molecule has 1 amide bonds. The van der Waals surface area contributed by atoms with Crippen LogP contribution in [0, 0.1) is 6.92 Å². The molecule has 0 fully saturated rings. The van der Waals surface area contributed by atoms with Gasteiger partial charge in [0.1, 0.15) is 0 Å². The SMILES string of the molecule is Cc1ccc(C(C)(C)C)cc1C(=O)CCC(N)=O. The zero-order valence-corrected chi connectivity index (χ0v) is 11.5. The second-order valence-electron chi connectivity index (χ2n) is 5.67. The van der Waals surface area contributed by atoms with E-state index in [4.69, 9.17) is 5.73 Å². The predicted octanol–water partition coefficient (Wildman–Crippen LogP) is 2.74. The van der Waals surface area contributed by atoms with Crippen molar-refractivity contribution in [3.05, 3.63) is 34.9 Å². The molecule has 3 nitrogen and oxygen atoms in total. The van der Waals surface area contributed by atoms with Gasteiger partial charge in [-0.1, -0.05) is 32.9 Å². The van der Waals surface area contributed by atoms with Crippen molar-refractivity contribution in [2.75, 3.05) is 0 Å². The molecular formula is C15H21NO2. The average Bonchev–Trinajstić information content (AvgIpc) is 2.24. The third-order valence-corrected chi connectivity index (χ3v) is 3.00. The van der Waals surface area contributed by atoms with Crippen LogP contribution in [0.15, 0.2) is 18.2 Å². The summed E-state index contributed by atoms with van der Waals surface area (Å²) in [5, 5.41) is 0. The quantitative estimate of drug-likeness (QED) is 0.832. The van der Waals surface area contributed by atoms with Crippen LogP contribution in [0.1, 0.15) is 55.1 Å². The number of primary amides is 1. The van der Waals surface area contributed by atoms with Gasteiger partial charge in [0.15, 0.2) is 5.78 Å². The van der Waals surface area contributed by atoms with Crippen LogP contribution in [-0.2, 0) is 10.2 Å². The molecule has 0 radical (unpaired) electrons. The minimum Gasteiger partial charge on any atom is -0.370 e. The number of hydrogen-bond acceptors (Lipinski definition) is 2. The maximum Gasteiger partial charge on any atom is 0.217 e. The monoisotopic (exact) mass is 247 g/mol. The molecule has 3 heteroatoms. The molecule has 0 atom stereocenters. The van der Waals surface area contributed by atoms with Gasteiger partial charge in [-0.3, -0.25) is 9.59 Å². The highest BCUT2D eigenvalue weighted by Crippen LogP contribution is 2.25. The summed E-state index contributed by atoms with van der Waals surface area (Å²) in [6.45, 7) is 8.23. The first-order valence-electron chi connectivity index (χ1n) is 6.14. The third-order valence-electron chi connectivity index (χ3n) is 3.00. The number of rotatable bonds is 4. The number of hydrogen-bond donors (Lipinski definition) is 1. The van der Waals surface area contributed by atoms with E-state index in [2.05, 4.69) is 20.8 Å². The Morgan fingerprint density at radius 3 is 2.28 bits per heavy atom. The molecule has 0 aliphatic heterocycles. The summed E-state index contributed by atoms with van der Waals surface area (Å²) in [6, 6.07) is 5.93. The van der Waals surface area contributed by atoms with Crippen LogP contribution in [0.3, 0.4) is 0 Å². The van der Waals surface area contributed by atoms with Crippen LogP contribution < -0.4 is 5.73 Å². The Morgan fingerprint density at radius 2 is 1.78 bits per heavy atom. The van der Waals surface area contributed by atoms with Gasteiger partial charge in [0.25, 0.3) is 0 Å². The number of aryl methyl sites for hydroxylation is 1. The van der Waals surface area contributed by atoms with Gasteiger partial charge in [-0.05, 0) is 29.5 Å². The van der Waals surface area contributed by atoms with E-state index in [1.165, 1.54) is 0 Å². The molecule has 0 saturated carbocycles. The van der Waals surface area contributed by atoms with Gasteiger partial charge in [0, 0.05) is 18.4 Å². The normalized spacial score (nSPS) is 11.3. The second-order valence-corrected chi connectivity index (χ2v) is 5.67. The van der Waals surface area contributed by atoms with Gasteiger partial charge < -0.3 is 5.73 Å². The number of carbonyl (C=O) groups excluding carboxylic acids is 2. The lowest BCUT2D eigenvalue weighted by Crippen LogP contribution is -2.15. The van der Waals surface area contributed by atoms with Crippen molar-refractivity contribution in [1.29, 1.82) is 0 Å². The van der Waals surface area contributed by atoms with Crippen molar-refractivity contribution in [1.82, 2.24) is 0 Å². The van der Waals surface area contributed by atoms with Gasteiger partial charge >= 0.3 is 0 Å². The Labute approximate surface area is 108 Å². The van der Waals surface area contributed by atoms with Gasteiger partial charge in [0.2, 0.25) is 5.91 Å². The fourth-order valence-electron chi connectivity index (χ4n) is 1.76. The summed E-state index contributed by atoms with van der Waals surface area (Å²) in [5.74, 6) is -0.453. The van der Waals surface area contributed by atoms with E-state index in [1.807, 2.05) is 25.1 Å². The fourth-order valence-corrected chi connectivity index (χ4v) is 1.76. The first kappa shape index (κ1) is 14.4. The minimum atomic E-state index is -0.437. The maximum absolute atomic E-state index is 12.0. The van der Waals surface area contributed by atoms with E-state index in [0.717, 1.165) is 11.1 Å². The van der Waals surface area contributed by atoms with E-state index in [0.29, 0.717) is 5.56 Å². The summed E-state index contributed by atoms with van der Waals surface area (Å²) in [6.07, 6.45) is 0.293. The molecule has 1 aromatic carbocycles. The number of amides is 1. The van der Waals surface area contributed by atoms with Crippen molar-refractivity contribution < 1.29 is 9.59 Å². The van der Waals surface area contributed by atoms with Crippen LogP contribution in [0.4, 0.5) is 0 Å². The van der Waals surface area contributed by atoms with E-state index >= 15 is 0 Å². The smallest absolute Gasteiger partial charge is 0.217 e. The number of benzene rings is 1. The van der Waals surface area contributed by atoms with E-state index in [-0.39, 0.29) is 24.0 Å². The lowest BCUT2D eigenvalue weighted by molar-refractivity contribution is -0.118. The summed E-state index contributed by atoms with van der Waals surface area (Å²) in [7, 11) is 0. The number of Topliss-reactive ketones (excluding diaryl/α,β-unsaturated/α-hetero) is 1. The summed E-state index contributed by atoms with van der Waals surface area (Å²) >= 11 is 0. The van der Waals surface area contributed by atoms with Crippen molar-refractivity contribution >= 4 is 11.7 Å². The molecule has 0 heterocycles. The molecule has 1 aromatic rings. The van der Waals surface area contributed by atoms with Crippen molar-refractivity contribution in [2.45, 2.75) is 46.0 Å². The Hall–Kier alpha value is -1.64. The van der Waals surface area contributed by atoms with Crippen molar-refractivity contribution in [3.63, 3.8) is 0 Å². The van der Waals surface area contributed by atoms with E-state index in [9.17, 15) is 9.59 Å². The van der Waals surface area contributed by atoms with Gasteiger partial charge in [0.05, 0.1) is 0 Å². The van der Waals surface area contributed by atoms with Crippen LogP contribution in [-0.4, -0.2) is 11.7 Å². The predicted molar refractivity (Wildman–Crippen MR) is 72.6 cm³/mol. The van der Waals surface area contributed by atoms with Gasteiger partial charge in [-0.2, -0.15) is 0 Å². The van der Waals surface area contributed by atoms with Crippen molar-refractivity contribution in [3.8, 4) is 0 Å². The molecule has 0 saturated heterocycles. The number of ketones is 1. The molecular weight excluding hydrogens is 226 g/mol. The topological polar surface area (TPSA) is 60.2 Å². The second kappa shape index (κ2) is 5.34. The average molecular weight is 247 g/mol. The minimum absolute atomic E-state index is 0.00637. The molecule has 2 N–H and O–H groups in total. The zero-order valence-electron chi connectivity index (χ0n) is 11.5. The van der Waals surface area contributed by atoms with E-state index < -0.39 is 5.91 Å². The molecule has 0 aliphatic carbocycles. The Balaban J connectivity index is 3.01. The van der Waals surface area contributed by atoms with Gasteiger partial charge in [-0.15, -0.1) is 0 Å². The molecule has 18 heavy (non-hydrogen) atoms. The standard InChI is InChI=1S/C15H21NO2/c1-10-5-6-11(15(2,3)4)9-12(10)13(17)7-8-14(16)18/h5-6,9H,7-8H2,1-4H3,(H2,16,18). The highest BCUT2D eigenvalue weighted by atomic mass is 16.1. The molecule has 98 valence electrons. The summed E-state index contributed by atoms with van der Waals surface area (Å²) in [4.78, 5) is 22.8. The number of carbonyl (C=O) groups is 2. The summed E-state index contributed by atoms with van der Waals surface area (Å²) in [5.41, 5.74) is 7.83. The van der Waals surface area contributed by atoms with Crippen LogP contribution >= 0.6 is 0 Å². The first-order chi connectivity index (χ1) is 8.21. The molecule has 0 unspecified atom stereocenters. The lowest BCUT2D eigenvalue weighted by Gasteiger charge is -2.20. The highest BCUT2D eigenvalue weighted by Gasteiger charge is 2.17. The van der Waals surface area contributed by atoms with Gasteiger partial charge in [-0.25, -0.2) is 0 Å². The Kier molecular flexibility index (Phi) is 4.28. The molecule has 0 spiro atoms. The molecule has 0 aliphatic rings.